The molecule has 0 unspecified atom stereocenters. The minimum atomic E-state index is -2.20. The van der Waals surface area contributed by atoms with Crippen LogP contribution in [0.25, 0.3) is 11.4 Å². The largest absolute Gasteiger partial charge is 0.478 e. The Balaban J connectivity index is 2.77. The van der Waals surface area contributed by atoms with Gasteiger partial charge in [0.15, 0.2) is 17.5 Å². The molecule has 0 atom stereocenters. The molecule has 2 aromatic rings. The van der Waals surface area contributed by atoms with Crippen LogP contribution in [0.3, 0.4) is 0 Å². The third-order valence-electron chi connectivity index (χ3n) is 2.37. The summed E-state index contributed by atoms with van der Waals surface area (Å²) in [5.74, 6) is -12.4. The van der Waals surface area contributed by atoms with Crippen LogP contribution >= 0.6 is 22.7 Å². The summed E-state index contributed by atoms with van der Waals surface area (Å²) in [5, 5.41) is 5.31. The zero-order valence-corrected chi connectivity index (χ0v) is 11.5. The van der Waals surface area contributed by atoms with Gasteiger partial charge in [-0.3, -0.25) is 0 Å². The lowest BCUT2D eigenvalue weighted by Gasteiger charge is -2.02. The Labute approximate surface area is 124 Å². The van der Waals surface area contributed by atoms with Crippen LogP contribution < -0.4 is 0 Å². The van der Waals surface area contributed by atoms with E-state index in [0.717, 1.165) is 0 Å². The first-order valence-electron chi connectivity index (χ1n) is 5.07. The van der Waals surface area contributed by atoms with Gasteiger partial charge in [-0.25, -0.2) is 18.0 Å². The lowest BCUT2D eigenvalue weighted by atomic mass is 10.1. The minimum absolute atomic E-state index is 0.383. The minimum Gasteiger partial charge on any atom is -0.478 e. The first-order valence-corrected chi connectivity index (χ1v) is 6.70. The fourth-order valence-electron chi connectivity index (χ4n) is 1.44. The summed E-state index contributed by atoms with van der Waals surface area (Å²) < 4.78 is 92.3. The highest BCUT2D eigenvalue weighted by Crippen LogP contribution is 2.39. The van der Waals surface area contributed by atoms with E-state index in [2.05, 4.69) is 0 Å². The Morgan fingerprint density at radius 1 is 0.773 bits per heavy atom. The second-order valence-corrected chi connectivity index (χ2v) is 5.60. The van der Waals surface area contributed by atoms with Gasteiger partial charge < -0.3 is 5.11 Å². The van der Waals surface area contributed by atoms with Crippen molar-refractivity contribution in [2.45, 2.75) is 0 Å². The molecule has 22 heavy (non-hydrogen) atoms. The highest BCUT2D eigenvalue weighted by Gasteiger charge is 2.32. The van der Waals surface area contributed by atoms with Crippen LogP contribution in [0.2, 0.25) is 0 Å². The number of hydrogen-bond acceptors (Lipinski definition) is 3. The normalized spacial score (nSPS) is 12.5. The van der Waals surface area contributed by atoms with Crippen LogP contribution in [-0.2, 0) is 4.79 Å². The van der Waals surface area contributed by atoms with E-state index in [1.807, 2.05) is 0 Å². The van der Waals surface area contributed by atoms with Gasteiger partial charge in [-0.1, -0.05) is 22.7 Å². The van der Waals surface area contributed by atoms with Crippen molar-refractivity contribution in [2.24, 2.45) is 0 Å². The lowest BCUT2D eigenvalue weighted by molar-refractivity contribution is -0.130. The van der Waals surface area contributed by atoms with E-state index in [1.165, 1.54) is 0 Å². The quantitative estimate of drug-likeness (QED) is 0.642. The molecule has 118 valence electrons. The van der Waals surface area contributed by atoms with Crippen LogP contribution in [0.4, 0.5) is 30.7 Å². The van der Waals surface area contributed by atoms with Crippen LogP contribution in [0, 0.1) is 33.5 Å². The molecule has 1 N–H and O–H groups in total. The molecule has 0 amide bonds. The molecule has 0 aliphatic rings. The van der Waals surface area contributed by atoms with E-state index in [-0.39, 0.29) is 11.3 Å². The molecular weight excluding hydrogens is 361 g/mol. The molecule has 0 bridgehead atoms. The molecule has 2 heterocycles. The maximum Gasteiger partial charge on any atom is 0.340 e. The van der Waals surface area contributed by atoms with Crippen molar-refractivity contribution in [1.82, 2.24) is 0 Å². The van der Waals surface area contributed by atoms with E-state index in [0.29, 0.717) is 0 Å². The standard InChI is InChI=1S/C11HF7O2S2/c12-2(8-4(14)6(16)10(18)22-8)1(11(19)20)7-3(13)5(15)9(17)21-7/h(H,19,20). The van der Waals surface area contributed by atoms with E-state index in [4.69, 9.17) is 5.11 Å². The summed E-state index contributed by atoms with van der Waals surface area (Å²) >= 11 is -0.795. The van der Waals surface area contributed by atoms with Gasteiger partial charge in [0.05, 0.1) is 4.88 Å². The van der Waals surface area contributed by atoms with Crippen molar-refractivity contribution in [3.8, 4) is 0 Å². The number of rotatable bonds is 3. The average Bonchev–Trinajstić information content (AvgIpc) is 2.84. The summed E-state index contributed by atoms with van der Waals surface area (Å²) in [7, 11) is 0. The maximum absolute atomic E-state index is 14.0. The topological polar surface area (TPSA) is 37.3 Å². The van der Waals surface area contributed by atoms with Gasteiger partial charge in [0.1, 0.15) is 10.5 Å². The third-order valence-corrected chi connectivity index (χ3v) is 4.24. The van der Waals surface area contributed by atoms with Gasteiger partial charge in [0, 0.05) is 0 Å². The Morgan fingerprint density at radius 2 is 1.18 bits per heavy atom. The van der Waals surface area contributed by atoms with Gasteiger partial charge in [0.2, 0.25) is 21.9 Å². The summed E-state index contributed by atoms with van der Waals surface area (Å²) in [5.41, 5.74) is -1.65. The molecule has 2 rings (SSSR count). The van der Waals surface area contributed by atoms with Crippen LogP contribution in [0.5, 0.6) is 0 Å². The van der Waals surface area contributed by atoms with Crippen molar-refractivity contribution >= 4 is 40.0 Å². The summed E-state index contributed by atoms with van der Waals surface area (Å²) in [6.07, 6.45) is 0. The van der Waals surface area contributed by atoms with Crippen molar-refractivity contribution in [1.29, 1.82) is 0 Å². The van der Waals surface area contributed by atoms with Crippen LogP contribution in [-0.4, -0.2) is 11.1 Å². The van der Waals surface area contributed by atoms with Crippen molar-refractivity contribution in [2.75, 3.05) is 0 Å². The summed E-state index contributed by atoms with van der Waals surface area (Å²) in [6.45, 7) is 0. The molecule has 0 saturated carbocycles. The molecule has 0 saturated heterocycles. The molecular formula is C11HF7O2S2. The van der Waals surface area contributed by atoms with Crippen LogP contribution in [0.15, 0.2) is 0 Å². The van der Waals surface area contributed by atoms with Crippen molar-refractivity contribution in [3.63, 3.8) is 0 Å². The van der Waals surface area contributed by atoms with Crippen molar-refractivity contribution in [3.05, 3.63) is 43.3 Å². The fourth-order valence-corrected chi connectivity index (χ4v) is 2.98. The number of carbonyl (C=O) groups is 1. The van der Waals surface area contributed by atoms with Gasteiger partial charge >= 0.3 is 5.97 Å². The van der Waals surface area contributed by atoms with Gasteiger partial charge in [-0.2, -0.15) is 17.6 Å². The van der Waals surface area contributed by atoms with Crippen molar-refractivity contribution < 1.29 is 40.6 Å². The smallest absolute Gasteiger partial charge is 0.340 e. The Bertz CT molecular complexity index is 806. The molecule has 0 aliphatic heterocycles. The molecule has 0 radical (unpaired) electrons. The number of carboxylic acids is 1. The van der Waals surface area contributed by atoms with E-state index < -0.39 is 72.0 Å². The zero-order chi connectivity index (χ0) is 16.8. The zero-order valence-electron chi connectivity index (χ0n) is 9.82. The second-order valence-electron chi connectivity index (χ2n) is 3.66. The number of carboxylic acid groups (broad SMARTS) is 1. The Kier molecular flexibility index (Phi) is 4.29. The van der Waals surface area contributed by atoms with E-state index >= 15 is 0 Å². The molecule has 0 aliphatic carbocycles. The lowest BCUT2D eigenvalue weighted by Crippen LogP contribution is -2.02. The first-order chi connectivity index (χ1) is 10.2. The second kappa shape index (κ2) is 5.72. The molecule has 2 nitrogen and oxygen atoms in total. The highest BCUT2D eigenvalue weighted by atomic mass is 32.1. The summed E-state index contributed by atoms with van der Waals surface area (Å²) in [6, 6.07) is 0. The number of aliphatic carboxylic acids is 1. The highest BCUT2D eigenvalue weighted by molar-refractivity contribution is 7.13. The maximum atomic E-state index is 14.0. The number of hydrogen-bond donors (Lipinski definition) is 1. The molecule has 0 aromatic carbocycles. The SMILES string of the molecule is O=C(O)C(=C(F)c1sc(F)c(F)c1F)c1sc(F)c(F)c1F. The molecule has 0 spiro atoms. The van der Waals surface area contributed by atoms with E-state index in [9.17, 15) is 35.5 Å². The third kappa shape index (κ3) is 2.50. The van der Waals surface area contributed by atoms with Gasteiger partial charge in [-0.05, 0) is 0 Å². The fraction of sp³-hybridized carbons (Fsp3) is 0. The molecule has 11 heteroatoms. The number of halogens is 7. The summed E-state index contributed by atoms with van der Waals surface area (Å²) in [4.78, 5) is 8.27. The van der Waals surface area contributed by atoms with Gasteiger partial charge in [-0.15, -0.1) is 0 Å². The molecule has 2 aromatic heterocycles. The Hall–Kier alpha value is -1.88. The van der Waals surface area contributed by atoms with Crippen LogP contribution in [0.1, 0.15) is 9.75 Å². The molecule has 0 fully saturated rings. The van der Waals surface area contributed by atoms with E-state index in [1.54, 1.807) is 0 Å². The van der Waals surface area contributed by atoms with Gasteiger partial charge in [0.25, 0.3) is 0 Å². The Morgan fingerprint density at radius 3 is 1.50 bits per heavy atom. The number of thiophene rings is 2. The first kappa shape index (κ1) is 16.5. The predicted octanol–water partition coefficient (Wildman–Crippen LogP) is 4.57. The monoisotopic (exact) mass is 362 g/mol. The predicted molar refractivity (Wildman–Crippen MR) is 63.9 cm³/mol. The average molecular weight is 362 g/mol.